The van der Waals surface area contributed by atoms with E-state index < -0.39 is 5.97 Å². The summed E-state index contributed by atoms with van der Waals surface area (Å²) in [5, 5.41) is 0.441. The Bertz CT molecular complexity index is 1050. The van der Waals surface area contributed by atoms with Gasteiger partial charge in [-0.25, -0.2) is 9.78 Å². The first-order chi connectivity index (χ1) is 13.9. The van der Waals surface area contributed by atoms with Crippen molar-refractivity contribution in [3.05, 3.63) is 62.5 Å². The summed E-state index contributed by atoms with van der Waals surface area (Å²) in [6, 6.07) is 10.3. The number of nitrogens with zero attached hydrogens (tertiary/aromatic N) is 2. The summed E-state index contributed by atoms with van der Waals surface area (Å²) < 4.78 is 10.1. The van der Waals surface area contributed by atoms with E-state index in [0.29, 0.717) is 39.6 Å². The van der Waals surface area contributed by atoms with Gasteiger partial charge >= 0.3 is 5.97 Å². The molecule has 1 N–H and O–H groups in total. The van der Waals surface area contributed by atoms with E-state index in [1.54, 1.807) is 14.0 Å². The van der Waals surface area contributed by atoms with Crippen LogP contribution in [0.25, 0.3) is 10.2 Å². The molecule has 0 saturated carbocycles. The number of ether oxygens (including phenoxy) is 2. The van der Waals surface area contributed by atoms with Crippen LogP contribution in [0.1, 0.15) is 39.6 Å². The average Bonchev–Trinajstić information content (AvgIpc) is 3.05. The van der Waals surface area contributed by atoms with Gasteiger partial charge < -0.3 is 14.5 Å². The first-order valence-corrected chi connectivity index (χ1v) is 10.2. The maximum atomic E-state index is 12.7. The van der Waals surface area contributed by atoms with Crippen molar-refractivity contribution in [3.8, 4) is 0 Å². The summed E-state index contributed by atoms with van der Waals surface area (Å²) in [5.41, 5.74) is 1.54. The highest BCUT2D eigenvalue weighted by atomic mass is 32.1. The second-order valence-corrected chi connectivity index (χ2v) is 7.88. The van der Waals surface area contributed by atoms with Gasteiger partial charge in [0.15, 0.2) is 0 Å². The van der Waals surface area contributed by atoms with Gasteiger partial charge in [0.1, 0.15) is 22.1 Å². The van der Waals surface area contributed by atoms with Crippen LogP contribution in [0.3, 0.4) is 0 Å². The largest absolute Gasteiger partial charge is 0.459 e. The third kappa shape index (κ3) is 4.72. The SMILES string of the molecule is COCCOC(=O)c1sc2nc(CN(C)C(C)c3ccccc3)[nH]c(=O)c2c1C. The monoisotopic (exact) mass is 415 g/mol. The zero-order valence-corrected chi connectivity index (χ0v) is 17.8. The standard InChI is InChI=1S/C21H25N3O4S/c1-13-17-19(25)22-16(12-24(3)14(2)15-8-6-5-7-9-15)23-20(17)29-18(13)21(26)28-11-10-27-4/h5-9,14H,10-12H2,1-4H3,(H,22,23,25). The van der Waals surface area contributed by atoms with Crippen molar-refractivity contribution < 1.29 is 14.3 Å². The number of nitrogens with one attached hydrogen (secondary N) is 1. The van der Waals surface area contributed by atoms with Gasteiger partial charge in [-0.05, 0) is 32.0 Å². The Labute approximate surface area is 173 Å². The molecule has 3 rings (SSSR count). The minimum absolute atomic E-state index is 0.161. The smallest absolute Gasteiger partial charge is 0.348 e. The predicted molar refractivity (Wildman–Crippen MR) is 113 cm³/mol. The third-order valence-corrected chi connectivity index (χ3v) is 6.06. The van der Waals surface area contributed by atoms with Crippen LogP contribution in [-0.2, 0) is 16.0 Å². The molecule has 0 bridgehead atoms. The maximum absolute atomic E-state index is 12.7. The van der Waals surface area contributed by atoms with Gasteiger partial charge in [0.05, 0.1) is 18.5 Å². The quantitative estimate of drug-likeness (QED) is 0.449. The minimum Gasteiger partial charge on any atom is -0.459 e. The number of benzene rings is 1. The van der Waals surface area contributed by atoms with Crippen LogP contribution in [0.2, 0.25) is 0 Å². The molecule has 154 valence electrons. The number of carbonyl (C=O) groups excluding carboxylic acids is 1. The van der Waals surface area contributed by atoms with Crippen LogP contribution >= 0.6 is 11.3 Å². The number of thiophene rings is 1. The molecule has 0 saturated heterocycles. The van der Waals surface area contributed by atoms with Crippen LogP contribution in [-0.4, -0.2) is 48.2 Å². The molecule has 8 heteroatoms. The lowest BCUT2D eigenvalue weighted by Gasteiger charge is -2.24. The Hall–Kier alpha value is -2.55. The zero-order valence-electron chi connectivity index (χ0n) is 17.0. The van der Waals surface area contributed by atoms with E-state index in [1.807, 2.05) is 25.2 Å². The van der Waals surface area contributed by atoms with Gasteiger partial charge in [-0.3, -0.25) is 9.69 Å². The van der Waals surface area contributed by atoms with E-state index >= 15 is 0 Å². The van der Waals surface area contributed by atoms with Crippen LogP contribution in [0.5, 0.6) is 0 Å². The normalized spacial score (nSPS) is 12.4. The molecule has 0 aliphatic rings. The first kappa shape index (κ1) is 21.2. The molecule has 2 aromatic heterocycles. The van der Waals surface area contributed by atoms with Gasteiger partial charge in [-0.15, -0.1) is 11.3 Å². The highest BCUT2D eigenvalue weighted by Gasteiger charge is 2.21. The fourth-order valence-electron chi connectivity index (χ4n) is 3.10. The molecule has 0 fully saturated rings. The average molecular weight is 416 g/mol. The van der Waals surface area contributed by atoms with Crippen LogP contribution in [0.15, 0.2) is 35.1 Å². The highest BCUT2D eigenvalue weighted by molar-refractivity contribution is 7.20. The highest BCUT2D eigenvalue weighted by Crippen LogP contribution is 2.28. The number of methoxy groups -OCH3 is 1. The molecule has 1 unspecified atom stereocenters. The number of rotatable bonds is 8. The molecule has 0 amide bonds. The van der Waals surface area contributed by atoms with E-state index in [9.17, 15) is 9.59 Å². The van der Waals surface area contributed by atoms with Gasteiger partial charge in [0.2, 0.25) is 0 Å². The van der Waals surface area contributed by atoms with E-state index in [1.165, 1.54) is 16.9 Å². The Kier molecular flexibility index (Phi) is 6.79. The molecule has 1 aromatic carbocycles. The number of carbonyl (C=O) groups is 1. The number of fused-ring (bicyclic) bond motifs is 1. The zero-order chi connectivity index (χ0) is 21.0. The fraction of sp³-hybridized carbons (Fsp3) is 0.381. The van der Waals surface area contributed by atoms with Crippen molar-refractivity contribution in [2.45, 2.75) is 26.4 Å². The molecule has 2 heterocycles. The summed E-state index contributed by atoms with van der Waals surface area (Å²) in [5.74, 6) is 0.103. The van der Waals surface area contributed by atoms with Crippen LogP contribution < -0.4 is 5.56 Å². The summed E-state index contributed by atoms with van der Waals surface area (Å²) >= 11 is 1.19. The number of esters is 1. The number of aromatic nitrogens is 2. The fourth-order valence-corrected chi connectivity index (χ4v) is 4.19. The molecule has 0 radical (unpaired) electrons. The van der Waals surface area contributed by atoms with Gasteiger partial charge in [0, 0.05) is 13.2 Å². The summed E-state index contributed by atoms with van der Waals surface area (Å²) in [7, 11) is 3.53. The minimum atomic E-state index is -0.460. The van der Waals surface area contributed by atoms with Crippen LogP contribution in [0, 0.1) is 6.92 Å². The lowest BCUT2D eigenvalue weighted by atomic mass is 10.1. The van der Waals surface area contributed by atoms with Crippen LogP contribution in [0.4, 0.5) is 0 Å². The molecular weight excluding hydrogens is 390 g/mol. The van der Waals surface area contributed by atoms with E-state index in [2.05, 4.69) is 33.9 Å². The predicted octanol–water partition coefficient (Wildman–Crippen LogP) is 3.29. The number of H-pyrrole nitrogens is 1. The lowest BCUT2D eigenvalue weighted by molar-refractivity contribution is 0.0393. The Morgan fingerprint density at radius 2 is 2.00 bits per heavy atom. The van der Waals surface area contributed by atoms with Crippen molar-refractivity contribution in [2.24, 2.45) is 0 Å². The number of hydrogen-bond donors (Lipinski definition) is 1. The van der Waals surface area contributed by atoms with E-state index in [0.717, 1.165) is 0 Å². The molecule has 0 aliphatic carbocycles. The Morgan fingerprint density at radius 3 is 2.69 bits per heavy atom. The van der Waals surface area contributed by atoms with Gasteiger partial charge in [-0.2, -0.15) is 0 Å². The first-order valence-electron chi connectivity index (χ1n) is 9.36. The third-order valence-electron chi connectivity index (χ3n) is 4.90. The summed E-state index contributed by atoms with van der Waals surface area (Å²) in [4.78, 5) is 35.5. The second-order valence-electron chi connectivity index (χ2n) is 6.88. The molecule has 7 nitrogen and oxygen atoms in total. The van der Waals surface area contributed by atoms with Crippen molar-refractivity contribution in [1.29, 1.82) is 0 Å². The number of aryl methyl sites for hydroxylation is 1. The summed E-state index contributed by atoms with van der Waals surface area (Å²) in [6.07, 6.45) is 0. The van der Waals surface area contributed by atoms with E-state index in [-0.39, 0.29) is 18.2 Å². The Balaban J connectivity index is 1.83. The number of aromatic amines is 1. The molecule has 3 aromatic rings. The Morgan fingerprint density at radius 1 is 1.28 bits per heavy atom. The van der Waals surface area contributed by atoms with Gasteiger partial charge in [-0.1, -0.05) is 30.3 Å². The second kappa shape index (κ2) is 9.30. The van der Waals surface area contributed by atoms with Crippen molar-refractivity contribution in [3.63, 3.8) is 0 Å². The van der Waals surface area contributed by atoms with Crippen molar-refractivity contribution in [1.82, 2.24) is 14.9 Å². The molecule has 29 heavy (non-hydrogen) atoms. The van der Waals surface area contributed by atoms with Crippen molar-refractivity contribution in [2.75, 3.05) is 27.4 Å². The maximum Gasteiger partial charge on any atom is 0.348 e. The molecular formula is C21H25N3O4S. The molecule has 1 atom stereocenters. The van der Waals surface area contributed by atoms with Crippen molar-refractivity contribution >= 4 is 27.5 Å². The van der Waals surface area contributed by atoms with E-state index in [4.69, 9.17) is 9.47 Å². The lowest BCUT2D eigenvalue weighted by Crippen LogP contribution is -2.24. The topological polar surface area (TPSA) is 84.5 Å². The number of hydrogen-bond acceptors (Lipinski definition) is 7. The molecule has 0 spiro atoms. The molecule has 0 aliphatic heterocycles. The van der Waals surface area contributed by atoms with Gasteiger partial charge in [0.25, 0.3) is 5.56 Å². The summed E-state index contributed by atoms with van der Waals surface area (Å²) in [6.45, 7) is 4.82.